The Morgan fingerprint density at radius 2 is 1.91 bits per heavy atom. The number of nitrogens with zero attached hydrogens (tertiary/aromatic N) is 1. The quantitative estimate of drug-likeness (QED) is 0.820. The molecule has 0 unspecified atom stereocenters. The highest BCUT2D eigenvalue weighted by Gasteiger charge is 2.39. The smallest absolute Gasteiger partial charge is 0.410 e. The van der Waals surface area contributed by atoms with E-state index in [2.05, 4.69) is 12.6 Å². The van der Waals surface area contributed by atoms with Crippen LogP contribution >= 0.6 is 12.6 Å². The van der Waals surface area contributed by atoms with E-state index in [-0.39, 0.29) is 18.9 Å². The van der Waals surface area contributed by atoms with Gasteiger partial charge in [-0.2, -0.15) is 0 Å². The molecule has 0 spiro atoms. The van der Waals surface area contributed by atoms with Crippen molar-refractivity contribution in [3.8, 4) is 5.75 Å². The van der Waals surface area contributed by atoms with Crippen LogP contribution in [0, 0.1) is 0 Å². The van der Waals surface area contributed by atoms with Crippen molar-refractivity contribution in [2.75, 3.05) is 20.2 Å². The third-order valence-corrected chi connectivity index (χ3v) is 4.27. The Kier molecular flexibility index (Phi) is 5.14. The van der Waals surface area contributed by atoms with Gasteiger partial charge in [-0.05, 0) is 38.5 Å². The summed E-state index contributed by atoms with van der Waals surface area (Å²) >= 11 is 4.28. The predicted octanol–water partition coefficient (Wildman–Crippen LogP) is 4.18. The number of ether oxygens (including phenoxy) is 2. The van der Waals surface area contributed by atoms with E-state index in [9.17, 15) is 4.79 Å². The number of benzene rings is 1. The van der Waals surface area contributed by atoms with Crippen LogP contribution in [0.4, 0.5) is 9.18 Å². The molecule has 1 aliphatic rings. The first-order valence-electron chi connectivity index (χ1n) is 7.69. The molecule has 2 rings (SSSR count). The molecule has 1 saturated heterocycles. The van der Waals surface area contributed by atoms with E-state index in [4.69, 9.17) is 9.47 Å². The Bertz CT molecular complexity index is 578. The molecule has 0 N–H and O–H groups in total. The summed E-state index contributed by atoms with van der Waals surface area (Å²) in [6, 6.07) is 5.15. The van der Waals surface area contributed by atoms with Gasteiger partial charge >= 0.3 is 6.09 Å². The minimum atomic E-state index is -1.47. The molecule has 0 aliphatic carbocycles. The molecule has 0 bridgehead atoms. The number of amides is 1. The number of hydrogen-bond donors (Lipinski definition) is 1. The molecule has 0 aromatic heterocycles. The van der Waals surface area contributed by atoms with Gasteiger partial charge in [-0.3, -0.25) is 0 Å². The van der Waals surface area contributed by atoms with Gasteiger partial charge in [0.05, 0.1) is 7.11 Å². The molecule has 0 radical (unpaired) electrons. The first-order chi connectivity index (χ1) is 10.6. The molecule has 4 nitrogen and oxygen atoms in total. The van der Waals surface area contributed by atoms with Crippen LogP contribution in [0.2, 0.25) is 0 Å². The number of thiol groups is 1. The van der Waals surface area contributed by atoms with Crippen LogP contribution in [0.25, 0.3) is 0 Å². The van der Waals surface area contributed by atoms with Crippen molar-refractivity contribution in [3.63, 3.8) is 0 Å². The first-order valence-corrected chi connectivity index (χ1v) is 8.14. The average Bonchev–Trinajstić information content (AvgIpc) is 2.46. The number of carbonyl (C=O) groups excluding carboxylic acids is 1. The van der Waals surface area contributed by atoms with Gasteiger partial charge in [-0.15, -0.1) is 12.6 Å². The SMILES string of the molecule is COc1cc(C2(F)CCN(C(=O)OC(C)(C)C)CC2)ccc1S. The van der Waals surface area contributed by atoms with Crippen LogP contribution in [0.5, 0.6) is 5.75 Å². The second-order valence-corrected chi connectivity index (χ2v) is 7.30. The summed E-state index contributed by atoms with van der Waals surface area (Å²) in [7, 11) is 1.54. The summed E-state index contributed by atoms with van der Waals surface area (Å²) in [6.45, 7) is 6.12. The predicted molar refractivity (Wildman–Crippen MR) is 90.1 cm³/mol. The molecule has 1 aromatic rings. The standard InChI is InChI=1S/C17H24FNO3S/c1-16(2,3)22-15(20)19-9-7-17(18,8-10-19)12-5-6-14(23)13(11-12)21-4/h5-6,11,23H,7-10H2,1-4H3. The maximum Gasteiger partial charge on any atom is 0.410 e. The van der Waals surface area contributed by atoms with Crippen LogP contribution in [0.15, 0.2) is 23.1 Å². The van der Waals surface area contributed by atoms with E-state index < -0.39 is 11.3 Å². The van der Waals surface area contributed by atoms with E-state index in [1.165, 1.54) is 7.11 Å². The lowest BCUT2D eigenvalue weighted by Crippen LogP contribution is -2.45. The molecule has 1 heterocycles. The van der Waals surface area contributed by atoms with Crippen molar-refractivity contribution in [1.82, 2.24) is 4.90 Å². The molecule has 1 amide bonds. The Morgan fingerprint density at radius 1 is 1.30 bits per heavy atom. The Hall–Kier alpha value is -1.43. The lowest BCUT2D eigenvalue weighted by molar-refractivity contribution is 0.00214. The fourth-order valence-electron chi connectivity index (χ4n) is 2.62. The molecule has 6 heteroatoms. The van der Waals surface area contributed by atoms with E-state index in [1.807, 2.05) is 20.8 Å². The van der Waals surface area contributed by atoms with Crippen LogP contribution < -0.4 is 4.74 Å². The zero-order valence-electron chi connectivity index (χ0n) is 14.1. The lowest BCUT2D eigenvalue weighted by Gasteiger charge is -2.37. The van der Waals surface area contributed by atoms with Crippen molar-refractivity contribution in [2.24, 2.45) is 0 Å². The van der Waals surface area contributed by atoms with E-state index >= 15 is 4.39 Å². The van der Waals surface area contributed by atoms with Gasteiger partial charge in [0.15, 0.2) is 0 Å². The van der Waals surface area contributed by atoms with Gasteiger partial charge in [0.25, 0.3) is 0 Å². The van der Waals surface area contributed by atoms with E-state index in [1.54, 1.807) is 23.1 Å². The van der Waals surface area contributed by atoms with Crippen LogP contribution in [-0.4, -0.2) is 36.8 Å². The summed E-state index contributed by atoms with van der Waals surface area (Å²) in [5.74, 6) is 0.553. The van der Waals surface area contributed by atoms with Crippen molar-refractivity contribution in [2.45, 2.75) is 49.8 Å². The summed E-state index contributed by atoms with van der Waals surface area (Å²) < 4.78 is 25.8. The summed E-state index contributed by atoms with van der Waals surface area (Å²) in [6.07, 6.45) is 0.0886. The highest BCUT2D eigenvalue weighted by atomic mass is 32.1. The van der Waals surface area contributed by atoms with Crippen molar-refractivity contribution in [1.29, 1.82) is 0 Å². The number of likely N-dealkylation sites (tertiary alicyclic amines) is 1. The normalized spacial score (nSPS) is 17.7. The summed E-state index contributed by atoms with van der Waals surface area (Å²) in [4.78, 5) is 14.3. The molecule has 1 aliphatic heterocycles. The third kappa shape index (κ3) is 4.31. The first kappa shape index (κ1) is 17.9. The van der Waals surface area contributed by atoms with Gasteiger partial charge in [-0.1, -0.05) is 6.07 Å². The highest BCUT2D eigenvalue weighted by molar-refractivity contribution is 7.80. The number of piperidine rings is 1. The number of rotatable bonds is 2. The molecule has 1 aromatic carbocycles. The monoisotopic (exact) mass is 341 g/mol. The summed E-state index contributed by atoms with van der Waals surface area (Å²) in [5.41, 5.74) is -1.44. The minimum absolute atomic E-state index is 0.237. The van der Waals surface area contributed by atoms with Crippen molar-refractivity contribution >= 4 is 18.7 Å². The largest absolute Gasteiger partial charge is 0.496 e. The number of methoxy groups -OCH3 is 1. The van der Waals surface area contributed by atoms with Crippen LogP contribution in [0.3, 0.4) is 0 Å². The Labute approximate surface area is 142 Å². The van der Waals surface area contributed by atoms with Crippen LogP contribution in [0.1, 0.15) is 39.2 Å². The molecule has 0 saturated carbocycles. The molecule has 128 valence electrons. The third-order valence-electron chi connectivity index (χ3n) is 3.90. The van der Waals surface area contributed by atoms with Gasteiger partial charge in [0.1, 0.15) is 17.0 Å². The van der Waals surface area contributed by atoms with Gasteiger partial charge in [-0.25, -0.2) is 9.18 Å². The Balaban J connectivity index is 2.06. The molecular weight excluding hydrogens is 317 g/mol. The number of carbonyl (C=O) groups is 1. The minimum Gasteiger partial charge on any atom is -0.496 e. The topological polar surface area (TPSA) is 38.8 Å². The zero-order valence-corrected chi connectivity index (χ0v) is 15.0. The molecular formula is C17H24FNO3S. The van der Waals surface area contributed by atoms with E-state index in [0.29, 0.717) is 29.3 Å². The maximum absolute atomic E-state index is 15.3. The molecule has 1 fully saturated rings. The number of hydrogen-bond acceptors (Lipinski definition) is 4. The Morgan fingerprint density at radius 3 is 2.43 bits per heavy atom. The maximum atomic E-state index is 15.3. The lowest BCUT2D eigenvalue weighted by atomic mass is 9.86. The van der Waals surface area contributed by atoms with Crippen LogP contribution in [-0.2, 0) is 10.4 Å². The average molecular weight is 341 g/mol. The summed E-state index contributed by atoms with van der Waals surface area (Å²) in [5, 5.41) is 0. The van der Waals surface area contributed by atoms with Crippen molar-refractivity contribution < 1.29 is 18.7 Å². The second kappa shape index (κ2) is 6.59. The van der Waals surface area contributed by atoms with Gasteiger partial charge < -0.3 is 14.4 Å². The number of alkyl halides is 1. The molecule has 23 heavy (non-hydrogen) atoms. The highest BCUT2D eigenvalue weighted by Crippen LogP contribution is 2.39. The molecule has 0 atom stereocenters. The van der Waals surface area contributed by atoms with Crippen molar-refractivity contribution in [3.05, 3.63) is 23.8 Å². The van der Waals surface area contributed by atoms with E-state index in [0.717, 1.165) is 0 Å². The fraction of sp³-hybridized carbons (Fsp3) is 0.588. The van der Waals surface area contributed by atoms with Gasteiger partial charge in [0.2, 0.25) is 0 Å². The zero-order chi connectivity index (χ0) is 17.3. The number of halogens is 1. The fourth-order valence-corrected chi connectivity index (χ4v) is 2.85. The second-order valence-electron chi connectivity index (χ2n) is 6.82. The van der Waals surface area contributed by atoms with Gasteiger partial charge in [0, 0.05) is 30.8 Å².